The van der Waals surface area contributed by atoms with Crippen LogP contribution in [0.15, 0.2) is 63.5 Å². The zero-order chi connectivity index (χ0) is 11.4. The van der Waals surface area contributed by atoms with Crippen LogP contribution in [0.25, 0.3) is 0 Å². The van der Waals surface area contributed by atoms with E-state index >= 15 is 0 Å². The van der Waals surface area contributed by atoms with Gasteiger partial charge in [-0.25, -0.2) is 0 Å². The Bertz CT molecular complexity index is 476. The van der Waals surface area contributed by atoms with Crippen molar-refractivity contribution in [2.75, 3.05) is 0 Å². The first-order chi connectivity index (χ1) is 7.78. The van der Waals surface area contributed by atoms with E-state index in [1.807, 2.05) is 12.1 Å². The van der Waals surface area contributed by atoms with Crippen LogP contribution >= 0.6 is 11.8 Å². The van der Waals surface area contributed by atoms with Gasteiger partial charge in [-0.15, -0.1) is 4.91 Å². The molecule has 0 N–H and O–H groups in total. The number of hydrogen-bond acceptors (Lipinski definition) is 3. The zero-order valence-electron chi connectivity index (χ0n) is 8.88. The number of nitrogens with zero attached hydrogens (tertiary/aromatic N) is 1. The fourth-order valence-electron chi connectivity index (χ4n) is 1.32. The van der Waals surface area contributed by atoms with Gasteiger partial charge in [0.15, 0.2) is 0 Å². The van der Waals surface area contributed by atoms with Gasteiger partial charge in [-0.1, -0.05) is 29.5 Å². The molecule has 2 aromatic carbocycles. The van der Waals surface area contributed by atoms with E-state index in [1.165, 1.54) is 10.5 Å². The average Bonchev–Trinajstić information content (AvgIpc) is 2.33. The lowest BCUT2D eigenvalue weighted by atomic mass is 10.2. The van der Waals surface area contributed by atoms with Crippen LogP contribution in [0, 0.1) is 11.8 Å². The molecule has 2 nitrogen and oxygen atoms in total. The number of nitroso groups, excluding NO2 is 1. The number of hydrogen-bond donors (Lipinski definition) is 0. The van der Waals surface area contributed by atoms with Crippen molar-refractivity contribution in [1.82, 2.24) is 0 Å². The van der Waals surface area contributed by atoms with Crippen LogP contribution in [0.3, 0.4) is 0 Å². The second-order valence-electron chi connectivity index (χ2n) is 3.50. The third-order valence-corrected chi connectivity index (χ3v) is 3.21. The van der Waals surface area contributed by atoms with E-state index in [4.69, 9.17) is 0 Å². The van der Waals surface area contributed by atoms with Gasteiger partial charge in [0.2, 0.25) is 0 Å². The summed E-state index contributed by atoms with van der Waals surface area (Å²) in [4.78, 5) is 12.6. The van der Waals surface area contributed by atoms with Crippen LogP contribution in [0.2, 0.25) is 0 Å². The Balaban J connectivity index is 2.14. The summed E-state index contributed by atoms with van der Waals surface area (Å²) in [5.41, 5.74) is 1.72. The molecular weight excluding hydrogens is 218 g/mol. The molecule has 0 aliphatic carbocycles. The normalized spacial score (nSPS) is 10.1. The highest BCUT2D eigenvalue weighted by molar-refractivity contribution is 7.99. The molecule has 0 saturated carbocycles. The molecular formula is C13H11NOS. The van der Waals surface area contributed by atoms with E-state index in [9.17, 15) is 4.91 Å². The van der Waals surface area contributed by atoms with E-state index in [2.05, 4.69) is 36.4 Å². The first kappa shape index (κ1) is 10.9. The van der Waals surface area contributed by atoms with Crippen molar-refractivity contribution < 1.29 is 0 Å². The van der Waals surface area contributed by atoms with Crippen molar-refractivity contribution in [3.05, 3.63) is 59.0 Å². The maximum absolute atomic E-state index is 10.3. The molecule has 0 bridgehead atoms. The van der Waals surface area contributed by atoms with Gasteiger partial charge in [-0.3, -0.25) is 0 Å². The SMILES string of the molecule is Cc1ccc(Sc2ccc(N=O)cc2)cc1. The van der Waals surface area contributed by atoms with Gasteiger partial charge >= 0.3 is 0 Å². The second-order valence-corrected chi connectivity index (χ2v) is 4.65. The molecule has 0 aliphatic rings. The molecule has 2 aromatic rings. The van der Waals surface area contributed by atoms with Gasteiger partial charge in [0, 0.05) is 9.79 Å². The van der Waals surface area contributed by atoms with Gasteiger partial charge in [0.25, 0.3) is 0 Å². The van der Waals surface area contributed by atoms with Crippen molar-refractivity contribution in [2.45, 2.75) is 16.7 Å². The minimum absolute atomic E-state index is 0.466. The lowest BCUT2D eigenvalue weighted by Gasteiger charge is -2.01. The standard InChI is InChI=1S/C13H11NOS/c1-10-2-6-12(7-3-10)16-13-8-4-11(14-15)5-9-13/h2-9H,1H3. The summed E-state index contributed by atoms with van der Waals surface area (Å²) in [6.07, 6.45) is 0. The Morgan fingerprint density at radius 2 is 1.38 bits per heavy atom. The third kappa shape index (κ3) is 2.70. The zero-order valence-corrected chi connectivity index (χ0v) is 9.70. The lowest BCUT2D eigenvalue weighted by molar-refractivity contribution is 1.35. The average molecular weight is 229 g/mol. The van der Waals surface area contributed by atoms with Crippen LogP contribution < -0.4 is 0 Å². The predicted molar refractivity (Wildman–Crippen MR) is 67.2 cm³/mol. The Kier molecular flexibility index (Phi) is 3.37. The topological polar surface area (TPSA) is 29.4 Å². The van der Waals surface area contributed by atoms with Gasteiger partial charge in [0.05, 0.1) is 0 Å². The maximum atomic E-state index is 10.3. The van der Waals surface area contributed by atoms with Crippen LogP contribution in [0.5, 0.6) is 0 Å². The van der Waals surface area contributed by atoms with E-state index in [0.717, 1.165) is 4.90 Å². The smallest absolute Gasteiger partial charge is 0.108 e. The van der Waals surface area contributed by atoms with Gasteiger partial charge in [-0.05, 0) is 48.5 Å². The lowest BCUT2D eigenvalue weighted by Crippen LogP contribution is -1.74. The first-order valence-electron chi connectivity index (χ1n) is 4.96. The highest BCUT2D eigenvalue weighted by atomic mass is 32.2. The highest BCUT2D eigenvalue weighted by Gasteiger charge is 1.97. The quantitative estimate of drug-likeness (QED) is 0.723. The largest absolute Gasteiger partial charge is 0.145 e. The summed E-state index contributed by atoms with van der Waals surface area (Å²) in [6.45, 7) is 2.07. The van der Waals surface area contributed by atoms with Crippen molar-refractivity contribution in [1.29, 1.82) is 0 Å². The molecule has 0 unspecified atom stereocenters. The van der Waals surface area contributed by atoms with Crippen molar-refractivity contribution in [2.24, 2.45) is 5.18 Å². The minimum Gasteiger partial charge on any atom is -0.145 e. The Morgan fingerprint density at radius 1 is 0.875 bits per heavy atom. The Morgan fingerprint density at radius 3 is 1.88 bits per heavy atom. The summed E-state index contributed by atoms with van der Waals surface area (Å²) < 4.78 is 0. The Labute approximate surface area is 98.7 Å². The van der Waals surface area contributed by atoms with E-state index in [1.54, 1.807) is 23.9 Å². The summed E-state index contributed by atoms with van der Waals surface area (Å²) in [5, 5.41) is 2.87. The number of rotatable bonds is 3. The molecule has 0 saturated heterocycles. The molecule has 0 heterocycles. The molecule has 80 valence electrons. The number of benzene rings is 2. The van der Waals surface area contributed by atoms with Gasteiger partial charge < -0.3 is 0 Å². The molecule has 2 rings (SSSR count). The summed E-state index contributed by atoms with van der Waals surface area (Å²) >= 11 is 1.67. The van der Waals surface area contributed by atoms with Crippen molar-refractivity contribution in [3.63, 3.8) is 0 Å². The summed E-state index contributed by atoms with van der Waals surface area (Å²) in [5.74, 6) is 0. The first-order valence-corrected chi connectivity index (χ1v) is 5.77. The second kappa shape index (κ2) is 4.94. The van der Waals surface area contributed by atoms with Crippen molar-refractivity contribution >= 4 is 17.4 Å². The molecule has 16 heavy (non-hydrogen) atoms. The Hall–Kier alpha value is -1.61. The third-order valence-electron chi connectivity index (χ3n) is 2.20. The molecule has 0 aromatic heterocycles. The number of aryl methyl sites for hydroxylation is 1. The fraction of sp³-hybridized carbons (Fsp3) is 0.0769. The van der Waals surface area contributed by atoms with Crippen LogP contribution in [0.4, 0.5) is 5.69 Å². The fourth-order valence-corrected chi connectivity index (χ4v) is 2.13. The molecule has 3 heteroatoms. The van der Waals surface area contributed by atoms with Crippen molar-refractivity contribution in [3.8, 4) is 0 Å². The van der Waals surface area contributed by atoms with Crippen LogP contribution in [-0.2, 0) is 0 Å². The van der Waals surface area contributed by atoms with E-state index in [0.29, 0.717) is 5.69 Å². The van der Waals surface area contributed by atoms with Gasteiger partial charge in [0.1, 0.15) is 5.69 Å². The molecule has 0 atom stereocenters. The summed E-state index contributed by atoms with van der Waals surface area (Å²) in [7, 11) is 0. The molecule has 0 radical (unpaired) electrons. The van der Waals surface area contributed by atoms with Crippen LogP contribution in [0.1, 0.15) is 5.56 Å². The van der Waals surface area contributed by atoms with E-state index in [-0.39, 0.29) is 0 Å². The highest BCUT2D eigenvalue weighted by Crippen LogP contribution is 2.28. The maximum Gasteiger partial charge on any atom is 0.108 e. The summed E-state index contributed by atoms with van der Waals surface area (Å²) in [6, 6.07) is 15.6. The predicted octanol–water partition coefficient (Wildman–Crippen LogP) is 4.54. The monoisotopic (exact) mass is 229 g/mol. The molecule has 0 fully saturated rings. The molecule has 0 amide bonds. The molecule has 0 spiro atoms. The molecule has 0 aliphatic heterocycles. The van der Waals surface area contributed by atoms with E-state index < -0.39 is 0 Å². The minimum atomic E-state index is 0.466. The van der Waals surface area contributed by atoms with Crippen LogP contribution in [-0.4, -0.2) is 0 Å². The van der Waals surface area contributed by atoms with Gasteiger partial charge in [-0.2, -0.15) is 0 Å².